The number of alkyl halides is 3. The van der Waals surface area contributed by atoms with Gasteiger partial charge in [-0.3, -0.25) is 4.79 Å². The van der Waals surface area contributed by atoms with E-state index in [1.807, 2.05) is 24.3 Å². The van der Waals surface area contributed by atoms with Gasteiger partial charge in [-0.25, -0.2) is 0 Å². The van der Waals surface area contributed by atoms with Crippen molar-refractivity contribution in [1.82, 2.24) is 4.90 Å². The van der Waals surface area contributed by atoms with Gasteiger partial charge < -0.3 is 14.7 Å². The molecule has 0 aromatic heterocycles. The van der Waals surface area contributed by atoms with Crippen molar-refractivity contribution in [3.63, 3.8) is 0 Å². The van der Waals surface area contributed by atoms with Crippen LogP contribution >= 0.6 is 0 Å². The van der Waals surface area contributed by atoms with Gasteiger partial charge in [-0.15, -0.1) is 0 Å². The first-order chi connectivity index (χ1) is 10.8. The van der Waals surface area contributed by atoms with E-state index in [1.165, 1.54) is 0 Å². The van der Waals surface area contributed by atoms with Crippen LogP contribution in [0.3, 0.4) is 0 Å². The first-order valence-corrected chi connectivity index (χ1v) is 7.46. The Hall–Kier alpha value is -1.76. The Morgan fingerprint density at radius 1 is 1.39 bits per heavy atom. The van der Waals surface area contributed by atoms with Crippen LogP contribution in [0.4, 0.5) is 13.2 Å². The van der Waals surface area contributed by atoms with Gasteiger partial charge in [0.05, 0.1) is 18.9 Å². The van der Waals surface area contributed by atoms with E-state index in [-0.39, 0.29) is 13.1 Å². The number of hydrogen-bond acceptors (Lipinski definition) is 3. The Labute approximate surface area is 132 Å². The summed E-state index contributed by atoms with van der Waals surface area (Å²) in [4.78, 5) is 12.6. The van der Waals surface area contributed by atoms with E-state index in [4.69, 9.17) is 9.84 Å². The maximum atomic E-state index is 12.9. The van der Waals surface area contributed by atoms with Gasteiger partial charge in [0, 0.05) is 13.1 Å². The fourth-order valence-corrected chi connectivity index (χ4v) is 2.98. The summed E-state index contributed by atoms with van der Waals surface area (Å²) in [6.45, 7) is 0.170. The number of carbonyl (C=O) groups is 1. The second kappa shape index (κ2) is 7.21. The Morgan fingerprint density at radius 2 is 2.13 bits per heavy atom. The largest absolute Gasteiger partial charge is 0.497 e. The highest BCUT2D eigenvalue weighted by Crippen LogP contribution is 2.37. The van der Waals surface area contributed by atoms with E-state index in [0.29, 0.717) is 19.4 Å². The van der Waals surface area contributed by atoms with E-state index in [2.05, 4.69) is 0 Å². The minimum atomic E-state index is -4.47. The topological polar surface area (TPSA) is 49.8 Å². The number of hydrogen-bond donors (Lipinski definition) is 1. The number of nitrogens with zero attached hydrogens (tertiary/aromatic N) is 1. The summed E-state index contributed by atoms with van der Waals surface area (Å²) < 4.78 is 43.9. The molecule has 1 aliphatic rings. The zero-order valence-corrected chi connectivity index (χ0v) is 12.8. The van der Waals surface area contributed by atoms with Gasteiger partial charge in [0.25, 0.3) is 0 Å². The molecule has 1 saturated heterocycles. The SMILES string of the molecule is COc1cccc(CCCN2C[C@@H](C(F)(F)F)[C@H](C(=O)O)C2)c1. The number of methoxy groups -OCH3 is 1. The standard InChI is InChI=1S/C16H20F3NO3/c1-23-12-6-2-4-11(8-12)5-3-7-20-9-13(15(21)22)14(10-20)16(17,18)19/h2,4,6,8,13-14H,3,5,7,9-10H2,1H3,(H,21,22)/t13-,14-/m1/s1. The van der Waals surface area contributed by atoms with Gasteiger partial charge in [-0.1, -0.05) is 12.1 Å². The Bertz CT molecular complexity index is 548. The van der Waals surface area contributed by atoms with E-state index in [0.717, 1.165) is 11.3 Å². The highest BCUT2D eigenvalue weighted by atomic mass is 19.4. The minimum absolute atomic E-state index is 0.0440. The number of rotatable bonds is 6. The summed E-state index contributed by atoms with van der Waals surface area (Å²) in [7, 11) is 1.58. The summed E-state index contributed by atoms with van der Waals surface area (Å²) in [6, 6.07) is 7.52. The average molecular weight is 331 g/mol. The fourth-order valence-electron chi connectivity index (χ4n) is 2.98. The minimum Gasteiger partial charge on any atom is -0.497 e. The fraction of sp³-hybridized carbons (Fsp3) is 0.562. The van der Waals surface area contributed by atoms with Gasteiger partial charge in [0.1, 0.15) is 5.75 Å². The third-order valence-electron chi connectivity index (χ3n) is 4.21. The number of carboxylic acid groups (broad SMARTS) is 1. The lowest BCUT2D eigenvalue weighted by Crippen LogP contribution is -2.33. The molecule has 0 saturated carbocycles. The molecular formula is C16H20F3NO3. The van der Waals surface area contributed by atoms with Crippen molar-refractivity contribution in [2.45, 2.75) is 19.0 Å². The van der Waals surface area contributed by atoms with Crippen molar-refractivity contribution in [2.24, 2.45) is 11.8 Å². The molecule has 1 aromatic rings. The predicted octanol–water partition coefficient (Wildman–Crippen LogP) is 2.82. The lowest BCUT2D eigenvalue weighted by atomic mass is 9.96. The summed E-state index contributed by atoms with van der Waals surface area (Å²) in [6.07, 6.45) is -3.09. The van der Waals surface area contributed by atoms with E-state index in [9.17, 15) is 18.0 Å². The summed E-state index contributed by atoms with van der Waals surface area (Å²) in [5, 5.41) is 8.99. The zero-order chi connectivity index (χ0) is 17.0. The van der Waals surface area contributed by atoms with Gasteiger partial charge >= 0.3 is 12.1 Å². The lowest BCUT2D eigenvalue weighted by molar-refractivity contribution is -0.188. The molecule has 1 heterocycles. The summed E-state index contributed by atoms with van der Waals surface area (Å²) >= 11 is 0. The normalized spacial score (nSPS) is 22.3. The first kappa shape index (κ1) is 17.6. The van der Waals surface area contributed by atoms with Gasteiger partial charge in [-0.2, -0.15) is 13.2 Å². The number of carboxylic acids is 1. The van der Waals surface area contributed by atoms with Crippen LogP contribution in [0, 0.1) is 11.8 Å². The van der Waals surface area contributed by atoms with Crippen molar-refractivity contribution >= 4 is 5.97 Å². The van der Waals surface area contributed by atoms with Crippen LogP contribution in [0.25, 0.3) is 0 Å². The molecule has 7 heteroatoms. The molecule has 4 nitrogen and oxygen atoms in total. The van der Waals surface area contributed by atoms with Crippen molar-refractivity contribution in [3.05, 3.63) is 29.8 Å². The Morgan fingerprint density at radius 3 is 2.70 bits per heavy atom. The molecule has 0 radical (unpaired) electrons. The predicted molar refractivity (Wildman–Crippen MR) is 78.4 cm³/mol. The number of halogens is 3. The van der Waals surface area contributed by atoms with Crippen LogP contribution < -0.4 is 4.74 Å². The second-order valence-corrected chi connectivity index (χ2v) is 5.81. The summed E-state index contributed by atoms with van der Waals surface area (Å²) in [5.41, 5.74) is 1.05. The van der Waals surface area contributed by atoms with Crippen molar-refractivity contribution in [2.75, 3.05) is 26.7 Å². The zero-order valence-electron chi connectivity index (χ0n) is 12.8. The van der Waals surface area contributed by atoms with Gasteiger partial charge in [0.15, 0.2) is 0 Å². The smallest absolute Gasteiger partial charge is 0.393 e. The average Bonchev–Trinajstić information content (AvgIpc) is 2.92. The number of aliphatic carboxylic acids is 1. The monoisotopic (exact) mass is 331 g/mol. The molecule has 0 amide bonds. The first-order valence-electron chi connectivity index (χ1n) is 7.46. The number of benzene rings is 1. The van der Waals surface area contributed by atoms with Crippen LogP contribution in [0.5, 0.6) is 5.75 Å². The van der Waals surface area contributed by atoms with Crippen molar-refractivity contribution < 1.29 is 27.8 Å². The molecule has 0 bridgehead atoms. The van der Waals surface area contributed by atoms with Gasteiger partial charge in [-0.05, 0) is 37.1 Å². The molecule has 128 valence electrons. The van der Waals surface area contributed by atoms with E-state index < -0.39 is 24.0 Å². The number of aryl methyl sites for hydroxylation is 1. The van der Waals surface area contributed by atoms with Crippen molar-refractivity contribution in [1.29, 1.82) is 0 Å². The highest BCUT2D eigenvalue weighted by Gasteiger charge is 2.52. The molecule has 1 aromatic carbocycles. The molecular weight excluding hydrogens is 311 g/mol. The molecule has 0 unspecified atom stereocenters. The van der Waals surface area contributed by atoms with Crippen LogP contribution in [0.2, 0.25) is 0 Å². The molecule has 1 N–H and O–H groups in total. The number of ether oxygens (including phenoxy) is 1. The van der Waals surface area contributed by atoms with E-state index >= 15 is 0 Å². The lowest BCUT2D eigenvalue weighted by Gasteiger charge is -2.18. The molecule has 1 fully saturated rings. The third kappa shape index (κ3) is 4.60. The molecule has 1 aliphatic heterocycles. The molecule has 2 rings (SSSR count). The molecule has 2 atom stereocenters. The molecule has 23 heavy (non-hydrogen) atoms. The summed E-state index contributed by atoms with van der Waals surface area (Å²) in [5.74, 6) is -3.78. The maximum Gasteiger partial charge on any atom is 0.393 e. The molecule has 0 spiro atoms. The van der Waals surface area contributed by atoms with Crippen LogP contribution in [-0.4, -0.2) is 48.9 Å². The Balaban J connectivity index is 1.88. The van der Waals surface area contributed by atoms with Crippen LogP contribution in [-0.2, 0) is 11.2 Å². The van der Waals surface area contributed by atoms with Crippen LogP contribution in [0.1, 0.15) is 12.0 Å². The number of likely N-dealkylation sites (tertiary alicyclic amines) is 1. The second-order valence-electron chi connectivity index (χ2n) is 5.81. The van der Waals surface area contributed by atoms with Crippen molar-refractivity contribution in [3.8, 4) is 5.75 Å². The maximum absolute atomic E-state index is 12.9. The molecule has 0 aliphatic carbocycles. The van der Waals surface area contributed by atoms with E-state index in [1.54, 1.807) is 12.0 Å². The quantitative estimate of drug-likeness (QED) is 0.871. The Kier molecular flexibility index (Phi) is 5.51. The highest BCUT2D eigenvalue weighted by molar-refractivity contribution is 5.71. The van der Waals surface area contributed by atoms with Crippen LogP contribution in [0.15, 0.2) is 24.3 Å². The third-order valence-corrected chi connectivity index (χ3v) is 4.21. The van der Waals surface area contributed by atoms with Gasteiger partial charge in [0.2, 0.25) is 0 Å².